The number of amides is 1. The molecular weight excluding hydrogens is 350 g/mol. The van der Waals surface area contributed by atoms with Crippen LogP contribution in [0, 0.1) is 19.8 Å². The van der Waals surface area contributed by atoms with Gasteiger partial charge in [0.1, 0.15) is 0 Å². The van der Waals surface area contributed by atoms with Crippen LogP contribution in [0.1, 0.15) is 47.7 Å². The third kappa shape index (κ3) is 5.28. The van der Waals surface area contributed by atoms with Crippen LogP contribution in [0.25, 0.3) is 0 Å². The molecule has 1 aromatic rings. The summed E-state index contributed by atoms with van der Waals surface area (Å²) < 4.78 is 26.6. The van der Waals surface area contributed by atoms with Gasteiger partial charge in [-0.25, -0.2) is 13.1 Å². The Kier molecular flexibility index (Phi) is 7.20. The number of likely N-dealkylation sites (tertiary alicyclic amines) is 1. The van der Waals surface area contributed by atoms with E-state index in [0.717, 1.165) is 37.5 Å². The van der Waals surface area contributed by atoms with Gasteiger partial charge in [-0.3, -0.25) is 4.79 Å². The molecule has 6 nitrogen and oxygen atoms in total. The Balaban J connectivity index is 1.93. The van der Waals surface area contributed by atoms with E-state index in [9.17, 15) is 13.2 Å². The number of rotatable bonds is 7. The number of benzene rings is 1. The molecule has 0 bridgehead atoms. The molecule has 146 valence electrons. The maximum Gasteiger partial charge on any atom is 0.251 e. The number of aryl methyl sites for hydroxylation is 1. The van der Waals surface area contributed by atoms with Crippen molar-refractivity contribution in [3.05, 3.63) is 28.8 Å². The zero-order chi connectivity index (χ0) is 19.3. The van der Waals surface area contributed by atoms with E-state index in [1.54, 1.807) is 13.0 Å². The molecule has 2 rings (SSSR count). The molecule has 0 atom stereocenters. The topological polar surface area (TPSA) is 78.5 Å². The Labute approximate surface area is 157 Å². The minimum Gasteiger partial charge on any atom is -0.352 e. The molecule has 0 aromatic heterocycles. The summed E-state index contributed by atoms with van der Waals surface area (Å²) in [4.78, 5) is 15.0. The van der Waals surface area contributed by atoms with Crippen LogP contribution in [0.5, 0.6) is 0 Å². The second-order valence-corrected chi connectivity index (χ2v) is 9.11. The Morgan fingerprint density at radius 3 is 2.50 bits per heavy atom. The smallest absolute Gasteiger partial charge is 0.251 e. The van der Waals surface area contributed by atoms with E-state index in [1.807, 2.05) is 6.92 Å². The lowest BCUT2D eigenvalue weighted by molar-refractivity contribution is 0.0950. The van der Waals surface area contributed by atoms with Crippen molar-refractivity contribution in [2.24, 2.45) is 5.92 Å². The molecule has 1 heterocycles. The van der Waals surface area contributed by atoms with Gasteiger partial charge >= 0.3 is 0 Å². The third-order valence-corrected chi connectivity index (χ3v) is 6.79. The molecule has 1 amide bonds. The quantitative estimate of drug-likeness (QED) is 0.709. The maximum absolute atomic E-state index is 12.4. The summed E-state index contributed by atoms with van der Waals surface area (Å²) in [5, 5.41) is 2.91. The van der Waals surface area contributed by atoms with Crippen molar-refractivity contribution >= 4 is 15.9 Å². The fraction of sp³-hybridized carbons (Fsp3) is 0.632. The highest BCUT2D eigenvalue weighted by molar-refractivity contribution is 7.89. The lowest BCUT2D eigenvalue weighted by Gasteiger charge is -2.30. The molecule has 26 heavy (non-hydrogen) atoms. The minimum absolute atomic E-state index is 0.160. The normalized spacial score (nSPS) is 16.6. The number of carbonyl (C=O) groups excluding carboxylic acids is 1. The summed E-state index contributed by atoms with van der Waals surface area (Å²) in [6.45, 7) is 9.71. The number of sulfonamides is 1. The number of nitrogens with one attached hydrogen (secondary N) is 2. The summed E-state index contributed by atoms with van der Waals surface area (Å²) in [6, 6.07) is 3.20. The molecule has 0 aliphatic carbocycles. The van der Waals surface area contributed by atoms with Gasteiger partial charge < -0.3 is 10.2 Å². The largest absolute Gasteiger partial charge is 0.352 e. The van der Waals surface area contributed by atoms with Crippen LogP contribution in [0.2, 0.25) is 0 Å². The number of carbonyl (C=O) groups is 1. The van der Waals surface area contributed by atoms with Gasteiger partial charge in [0.2, 0.25) is 10.0 Å². The van der Waals surface area contributed by atoms with Crippen LogP contribution in [0.15, 0.2) is 17.0 Å². The highest BCUT2D eigenvalue weighted by Crippen LogP contribution is 2.21. The molecule has 7 heteroatoms. The first-order valence-electron chi connectivity index (χ1n) is 9.30. The average molecular weight is 382 g/mol. The van der Waals surface area contributed by atoms with E-state index in [0.29, 0.717) is 17.7 Å². The Morgan fingerprint density at radius 2 is 1.88 bits per heavy atom. The number of hydrogen-bond donors (Lipinski definition) is 2. The first-order chi connectivity index (χ1) is 12.2. The van der Waals surface area contributed by atoms with Gasteiger partial charge in [0.15, 0.2) is 0 Å². The minimum atomic E-state index is -3.59. The van der Waals surface area contributed by atoms with Crippen LogP contribution >= 0.6 is 0 Å². The number of nitrogens with zero attached hydrogens (tertiary/aromatic N) is 1. The van der Waals surface area contributed by atoms with Crippen LogP contribution < -0.4 is 10.0 Å². The van der Waals surface area contributed by atoms with Gasteiger partial charge in [0.05, 0.1) is 4.90 Å². The van der Waals surface area contributed by atoms with Gasteiger partial charge in [0.25, 0.3) is 5.91 Å². The summed E-state index contributed by atoms with van der Waals surface area (Å²) in [7, 11) is -2.22. The van der Waals surface area contributed by atoms with Crippen molar-refractivity contribution in [3.8, 4) is 0 Å². The van der Waals surface area contributed by atoms with E-state index in [4.69, 9.17) is 0 Å². The van der Waals surface area contributed by atoms with E-state index in [-0.39, 0.29) is 10.8 Å². The average Bonchev–Trinajstić information content (AvgIpc) is 2.62. The van der Waals surface area contributed by atoms with Crippen molar-refractivity contribution < 1.29 is 13.2 Å². The first kappa shape index (κ1) is 20.9. The van der Waals surface area contributed by atoms with E-state index < -0.39 is 10.0 Å². The Hall–Kier alpha value is -1.44. The molecule has 0 radical (unpaired) electrons. The molecule has 0 spiro atoms. The summed E-state index contributed by atoms with van der Waals surface area (Å²) in [5.41, 5.74) is 1.83. The zero-order valence-corrected chi connectivity index (χ0v) is 17.1. The maximum atomic E-state index is 12.4. The lowest BCUT2D eigenvalue weighted by atomic mass is 9.99. The monoisotopic (exact) mass is 381 g/mol. The zero-order valence-electron chi connectivity index (χ0n) is 16.3. The highest BCUT2D eigenvalue weighted by Gasteiger charge is 2.19. The van der Waals surface area contributed by atoms with Gasteiger partial charge in [-0.05, 0) is 89.0 Å². The second-order valence-electron chi connectivity index (χ2n) is 7.26. The summed E-state index contributed by atoms with van der Waals surface area (Å²) in [6.07, 6.45) is 3.39. The van der Waals surface area contributed by atoms with E-state index in [1.165, 1.54) is 26.0 Å². The molecule has 1 aromatic carbocycles. The molecule has 1 aliphatic rings. The van der Waals surface area contributed by atoms with Crippen LogP contribution in [0.3, 0.4) is 0 Å². The molecule has 0 unspecified atom stereocenters. The van der Waals surface area contributed by atoms with Gasteiger partial charge in [-0.15, -0.1) is 0 Å². The number of hydrogen-bond acceptors (Lipinski definition) is 4. The molecule has 0 saturated carbocycles. The van der Waals surface area contributed by atoms with Crippen molar-refractivity contribution in [1.29, 1.82) is 0 Å². The van der Waals surface area contributed by atoms with Crippen molar-refractivity contribution in [2.75, 3.05) is 33.2 Å². The van der Waals surface area contributed by atoms with Gasteiger partial charge in [-0.2, -0.15) is 0 Å². The first-order valence-corrected chi connectivity index (χ1v) is 10.8. The molecule has 2 N–H and O–H groups in total. The van der Waals surface area contributed by atoms with Crippen LogP contribution in [0.4, 0.5) is 0 Å². The molecule has 1 fully saturated rings. The van der Waals surface area contributed by atoms with E-state index in [2.05, 4.69) is 21.9 Å². The summed E-state index contributed by atoms with van der Waals surface area (Å²) in [5.74, 6) is 0.590. The van der Waals surface area contributed by atoms with Crippen molar-refractivity contribution in [1.82, 2.24) is 14.9 Å². The number of piperidine rings is 1. The van der Waals surface area contributed by atoms with Crippen molar-refractivity contribution in [3.63, 3.8) is 0 Å². The Bertz CT molecular complexity index is 739. The SMILES string of the molecule is CNS(=O)(=O)c1cc(C(=O)NCCCN2CCC(C)CC2)cc(C)c1C. The fourth-order valence-electron chi connectivity index (χ4n) is 3.24. The van der Waals surface area contributed by atoms with Crippen LogP contribution in [-0.4, -0.2) is 52.5 Å². The van der Waals surface area contributed by atoms with E-state index >= 15 is 0 Å². The third-order valence-electron chi connectivity index (χ3n) is 5.25. The lowest BCUT2D eigenvalue weighted by Crippen LogP contribution is -2.35. The Morgan fingerprint density at radius 1 is 1.23 bits per heavy atom. The molecule has 1 aliphatic heterocycles. The fourth-order valence-corrected chi connectivity index (χ4v) is 4.31. The van der Waals surface area contributed by atoms with Gasteiger partial charge in [-0.1, -0.05) is 6.92 Å². The predicted octanol–water partition coefficient (Wildman–Crippen LogP) is 2.06. The van der Waals surface area contributed by atoms with Crippen molar-refractivity contribution in [2.45, 2.75) is 44.9 Å². The highest BCUT2D eigenvalue weighted by atomic mass is 32.2. The van der Waals surface area contributed by atoms with Gasteiger partial charge in [0, 0.05) is 12.1 Å². The summed E-state index contributed by atoms with van der Waals surface area (Å²) >= 11 is 0. The predicted molar refractivity (Wildman–Crippen MR) is 104 cm³/mol. The van der Waals surface area contributed by atoms with Crippen LogP contribution in [-0.2, 0) is 10.0 Å². The standard InChI is InChI=1S/C19H31N3O3S/c1-14-6-10-22(11-7-14)9-5-8-21-19(23)17-12-15(2)16(3)18(13-17)26(24,25)20-4/h12-14,20H,5-11H2,1-4H3,(H,21,23). The molecule has 1 saturated heterocycles. The molecular formula is C19H31N3O3S. The second kappa shape index (κ2) is 8.97.